The van der Waals surface area contributed by atoms with Crippen LogP contribution in [0.25, 0.3) is 0 Å². The number of nitrogens with one attached hydrogen (secondary N) is 1. The number of carbonyl (C=O) groups is 1. The Balaban J connectivity index is 1.64. The van der Waals surface area contributed by atoms with Crippen LogP contribution in [-0.4, -0.2) is 49.9 Å². The van der Waals surface area contributed by atoms with Gasteiger partial charge in [0.05, 0.1) is 35.5 Å². The number of anilines is 2. The first-order chi connectivity index (χ1) is 13.5. The van der Waals surface area contributed by atoms with Crippen molar-refractivity contribution in [2.75, 3.05) is 42.5 Å². The molecule has 2 aliphatic rings. The van der Waals surface area contributed by atoms with Crippen LogP contribution in [0.3, 0.4) is 0 Å². The summed E-state index contributed by atoms with van der Waals surface area (Å²) in [6.45, 7) is 2.22. The van der Waals surface area contributed by atoms with E-state index in [9.17, 15) is 9.18 Å². The van der Waals surface area contributed by atoms with E-state index in [0.29, 0.717) is 42.5 Å². The van der Waals surface area contributed by atoms with Crippen molar-refractivity contribution in [2.45, 2.75) is 18.9 Å². The number of allylic oxidation sites excluding steroid dienone is 1. The predicted octanol–water partition coefficient (Wildman–Crippen LogP) is 2.08. The number of piperidine rings is 1. The molecule has 1 aromatic rings. The Morgan fingerprint density at radius 2 is 2.21 bits per heavy atom. The van der Waals surface area contributed by atoms with Crippen molar-refractivity contribution >= 4 is 34.7 Å². The number of thiocarbonyl (C=S) groups is 1. The molecule has 0 aromatic heterocycles. The van der Waals surface area contributed by atoms with E-state index in [-0.39, 0.29) is 18.5 Å². The van der Waals surface area contributed by atoms with E-state index >= 15 is 0 Å². The smallest absolute Gasteiger partial charge is 0.414 e. The molecule has 9 heteroatoms. The lowest BCUT2D eigenvalue weighted by molar-refractivity contribution is 0.143. The maximum atomic E-state index is 14.7. The topological polar surface area (TPSA) is 94.6 Å². The zero-order valence-electron chi connectivity index (χ0n) is 15.4. The Hall–Kier alpha value is -2.70. The molecule has 1 aromatic carbocycles. The molecule has 0 unspecified atom stereocenters. The number of nitrogens with two attached hydrogens (primary N) is 1. The van der Waals surface area contributed by atoms with Gasteiger partial charge in [0.1, 0.15) is 11.9 Å². The van der Waals surface area contributed by atoms with Crippen molar-refractivity contribution in [2.24, 2.45) is 5.73 Å². The first-order valence-corrected chi connectivity index (χ1v) is 9.49. The van der Waals surface area contributed by atoms with E-state index in [0.717, 1.165) is 18.4 Å². The molecule has 2 heterocycles. The van der Waals surface area contributed by atoms with Crippen LogP contribution in [0.15, 0.2) is 29.8 Å². The largest absolute Gasteiger partial charge is 0.442 e. The molecular weight excluding hydrogens is 381 g/mol. The van der Waals surface area contributed by atoms with E-state index in [4.69, 9.17) is 28.0 Å². The Labute approximate surface area is 168 Å². The van der Waals surface area contributed by atoms with E-state index < -0.39 is 6.09 Å². The summed E-state index contributed by atoms with van der Waals surface area (Å²) in [5.41, 5.74) is 7.47. The number of hydrogen-bond donors (Lipinski definition) is 2. The fourth-order valence-electron chi connectivity index (χ4n) is 3.33. The molecular formula is C19H22FN5O2S. The number of benzene rings is 1. The van der Waals surface area contributed by atoms with Gasteiger partial charge in [0.25, 0.3) is 0 Å². The fraction of sp³-hybridized carbons (Fsp3) is 0.421. The number of carbonyl (C=O) groups excluding carboxylic acids is 1. The van der Waals surface area contributed by atoms with Crippen molar-refractivity contribution in [3.8, 4) is 6.07 Å². The number of hydrogen-bond acceptors (Lipinski definition) is 6. The molecule has 0 spiro atoms. The molecule has 3 N–H and O–H groups in total. The molecule has 2 saturated heterocycles. The summed E-state index contributed by atoms with van der Waals surface area (Å²) in [6.07, 6.45) is 2.16. The SMILES string of the molecule is N#CC=C1CCN(c2ccc(N3C[C@H](CNC(=S)CN)OC3=O)cc2F)CC1. The summed E-state index contributed by atoms with van der Waals surface area (Å²) in [5.74, 6) is -0.385. The van der Waals surface area contributed by atoms with Gasteiger partial charge in [-0.1, -0.05) is 17.8 Å². The summed E-state index contributed by atoms with van der Waals surface area (Å²) in [6, 6.07) is 6.81. The van der Waals surface area contributed by atoms with Gasteiger partial charge in [-0.3, -0.25) is 4.90 Å². The van der Waals surface area contributed by atoms with E-state index in [1.165, 1.54) is 11.0 Å². The Morgan fingerprint density at radius 1 is 1.46 bits per heavy atom. The molecule has 3 rings (SSSR count). The lowest BCUT2D eigenvalue weighted by Crippen LogP contribution is -2.36. The molecule has 2 fully saturated rings. The molecule has 7 nitrogen and oxygen atoms in total. The van der Waals surface area contributed by atoms with Crippen LogP contribution in [0, 0.1) is 17.1 Å². The number of nitriles is 1. The normalized spacial score (nSPS) is 19.2. The number of halogens is 1. The second kappa shape index (κ2) is 8.99. The van der Waals surface area contributed by atoms with Gasteiger partial charge in [-0.05, 0) is 31.0 Å². The lowest BCUT2D eigenvalue weighted by atomic mass is 10.0. The van der Waals surface area contributed by atoms with E-state index in [1.54, 1.807) is 18.2 Å². The average molecular weight is 403 g/mol. The van der Waals surface area contributed by atoms with Gasteiger partial charge >= 0.3 is 6.09 Å². The summed E-state index contributed by atoms with van der Waals surface area (Å²) in [7, 11) is 0. The second-order valence-corrected chi connectivity index (χ2v) is 7.17. The van der Waals surface area contributed by atoms with E-state index in [1.807, 2.05) is 11.0 Å². The van der Waals surface area contributed by atoms with Crippen LogP contribution in [-0.2, 0) is 4.74 Å². The minimum Gasteiger partial charge on any atom is -0.442 e. The van der Waals surface area contributed by atoms with Crippen molar-refractivity contribution in [3.63, 3.8) is 0 Å². The predicted molar refractivity (Wildman–Crippen MR) is 109 cm³/mol. The van der Waals surface area contributed by atoms with Gasteiger partial charge in [0.15, 0.2) is 0 Å². The molecule has 28 heavy (non-hydrogen) atoms. The highest BCUT2D eigenvalue weighted by molar-refractivity contribution is 7.80. The van der Waals surface area contributed by atoms with Crippen molar-refractivity contribution in [1.82, 2.24) is 5.32 Å². The third-order valence-corrected chi connectivity index (χ3v) is 5.16. The average Bonchev–Trinajstić information content (AvgIpc) is 3.07. The molecule has 0 radical (unpaired) electrons. The van der Waals surface area contributed by atoms with Crippen molar-refractivity contribution in [3.05, 3.63) is 35.7 Å². The summed E-state index contributed by atoms with van der Waals surface area (Å²) in [5, 5.41) is 11.7. The highest BCUT2D eigenvalue weighted by Gasteiger charge is 2.33. The standard InChI is InChI=1S/C19H22FN5O2S/c20-16-9-14(25-12-15(27-19(25)26)11-23-18(28)10-22)1-2-17(16)24-7-4-13(3-6-21)5-8-24/h1-3,9,15H,4-5,7-8,10-12,22H2,(H,23,28)/t15-/m0/s1. The molecule has 0 saturated carbocycles. The molecule has 148 valence electrons. The minimum absolute atomic E-state index is 0.233. The van der Waals surface area contributed by atoms with Crippen molar-refractivity contribution < 1.29 is 13.9 Å². The van der Waals surface area contributed by atoms with E-state index in [2.05, 4.69) is 5.32 Å². The second-order valence-electron chi connectivity index (χ2n) is 6.68. The maximum Gasteiger partial charge on any atom is 0.414 e. The van der Waals surface area contributed by atoms with Crippen LogP contribution >= 0.6 is 12.2 Å². The Kier molecular flexibility index (Phi) is 6.44. The number of nitrogens with zero attached hydrogens (tertiary/aromatic N) is 3. The van der Waals surface area contributed by atoms with Crippen LogP contribution in [0.1, 0.15) is 12.8 Å². The fourth-order valence-corrected chi connectivity index (χ4v) is 3.41. The molecule has 0 aliphatic carbocycles. The molecule has 1 atom stereocenters. The summed E-state index contributed by atoms with van der Waals surface area (Å²) in [4.78, 5) is 16.0. The zero-order chi connectivity index (χ0) is 20.1. The Morgan fingerprint density at radius 3 is 2.86 bits per heavy atom. The van der Waals surface area contributed by atoms with Gasteiger partial charge in [-0.2, -0.15) is 5.26 Å². The van der Waals surface area contributed by atoms with Crippen LogP contribution in [0.4, 0.5) is 20.6 Å². The van der Waals surface area contributed by atoms with Crippen molar-refractivity contribution in [1.29, 1.82) is 5.26 Å². The maximum absolute atomic E-state index is 14.7. The lowest BCUT2D eigenvalue weighted by Gasteiger charge is -2.30. The van der Waals surface area contributed by atoms with Gasteiger partial charge < -0.3 is 20.7 Å². The Bertz CT molecular complexity index is 828. The quantitative estimate of drug-likeness (QED) is 0.574. The summed E-state index contributed by atoms with van der Waals surface area (Å²) < 4.78 is 20.0. The first-order valence-electron chi connectivity index (χ1n) is 9.08. The first kappa shape index (κ1) is 20.0. The highest BCUT2D eigenvalue weighted by atomic mass is 32.1. The number of cyclic esters (lactones) is 1. The van der Waals surface area contributed by atoms with Gasteiger partial charge in [-0.25, -0.2) is 9.18 Å². The van der Waals surface area contributed by atoms with Crippen LogP contribution in [0.2, 0.25) is 0 Å². The number of rotatable bonds is 5. The molecule has 1 amide bonds. The van der Waals surface area contributed by atoms with Crippen LogP contribution < -0.4 is 20.9 Å². The third-order valence-electron chi connectivity index (χ3n) is 4.84. The van der Waals surface area contributed by atoms with Gasteiger partial charge in [-0.15, -0.1) is 0 Å². The monoisotopic (exact) mass is 403 g/mol. The van der Waals surface area contributed by atoms with Gasteiger partial charge in [0, 0.05) is 25.7 Å². The molecule has 0 bridgehead atoms. The summed E-state index contributed by atoms with van der Waals surface area (Å²) >= 11 is 4.99. The van der Waals surface area contributed by atoms with Crippen LogP contribution in [0.5, 0.6) is 0 Å². The zero-order valence-corrected chi connectivity index (χ0v) is 16.2. The third kappa shape index (κ3) is 4.58. The number of amides is 1. The highest BCUT2D eigenvalue weighted by Crippen LogP contribution is 2.30. The number of ether oxygens (including phenoxy) is 1. The van der Waals surface area contributed by atoms with Gasteiger partial charge in [0.2, 0.25) is 0 Å². The minimum atomic E-state index is -0.512. The molecule has 2 aliphatic heterocycles.